The summed E-state index contributed by atoms with van der Waals surface area (Å²) in [7, 11) is 0. The average molecular weight is 368 g/mol. The largest absolute Gasteiger partial charge is 0.481 e. The van der Waals surface area contributed by atoms with E-state index in [9.17, 15) is 15.0 Å². The van der Waals surface area contributed by atoms with Crippen LogP contribution in [0, 0.1) is 0 Å². The molecule has 3 N–H and O–H groups in total. The predicted octanol–water partition coefficient (Wildman–Crippen LogP) is 3.73. The van der Waals surface area contributed by atoms with Gasteiger partial charge in [0.1, 0.15) is 0 Å². The van der Waals surface area contributed by atoms with E-state index in [0.717, 1.165) is 16.7 Å². The number of carboxylic acids is 1. The number of aliphatic hydroxyl groups is 2. The summed E-state index contributed by atoms with van der Waals surface area (Å²) in [6.45, 7) is 0. The topological polar surface area (TPSA) is 77.8 Å². The van der Waals surface area contributed by atoms with Crippen LogP contribution in [-0.2, 0) is 4.79 Å². The van der Waals surface area contributed by atoms with Crippen LogP contribution >= 0.6 is 11.8 Å². The van der Waals surface area contributed by atoms with E-state index in [-0.39, 0.29) is 12.8 Å². The quantitative estimate of drug-likeness (QED) is 0.618. The zero-order valence-electron chi connectivity index (χ0n) is 14.1. The fraction of sp³-hybridized carbons (Fsp3) is 0.190. The van der Waals surface area contributed by atoms with Gasteiger partial charge in [-0.2, -0.15) is 0 Å². The van der Waals surface area contributed by atoms with E-state index in [4.69, 9.17) is 5.11 Å². The minimum absolute atomic E-state index is 0.00496. The molecule has 2 atom stereocenters. The summed E-state index contributed by atoms with van der Waals surface area (Å²) in [6.07, 6.45) is 2.95. The smallest absolute Gasteiger partial charge is 0.305 e. The highest BCUT2D eigenvalue weighted by Crippen LogP contribution is 2.45. The normalized spacial score (nSPS) is 15.2. The zero-order valence-corrected chi connectivity index (χ0v) is 14.9. The van der Waals surface area contributed by atoms with E-state index in [1.807, 2.05) is 30.3 Å². The minimum Gasteiger partial charge on any atom is -0.481 e. The van der Waals surface area contributed by atoms with Crippen LogP contribution in [0.4, 0.5) is 0 Å². The Labute approximate surface area is 156 Å². The van der Waals surface area contributed by atoms with Gasteiger partial charge in [-0.15, -0.1) is 0 Å². The third-order valence-corrected chi connectivity index (χ3v) is 5.25. The molecule has 4 nitrogen and oxygen atoms in total. The van der Waals surface area contributed by atoms with Crippen LogP contribution in [0.5, 0.6) is 0 Å². The number of carboxylic acid groups (broad SMARTS) is 1. The summed E-state index contributed by atoms with van der Waals surface area (Å²) in [5.74, 6) is -1.08. The van der Waals surface area contributed by atoms with Crippen LogP contribution in [0.1, 0.15) is 24.0 Å². The summed E-state index contributed by atoms with van der Waals surface area (Å²) in [4.78, 5) is 12.9. The van der Waals surface area contributed by atoms with Gasteiger partial charge >= 0.3 is 5.97 Å². The molecule has 1 heterocycles. The van der Waals surface area contributed by atoms with Crippen LogP contribution in [0.3, 0.4) is 0 Å². The first kappa shape index (κ1) is 18.5. The maximum absolute atomic E-state index is 10.6. The van der Waals surface area contributed by atoms with Gasteiger partial charge in [-0.25, -0.2) is 0 Å². The number of rotatable bonds is 6. The minimum atomic E-state index is -1.08. The lowest BCUT2D eigenvalue weighted by molar-refractivity contribution is -0.139. The van der Waals surface area contributed by atoms with E-state index < -0.39 is 18.2 Å². The summed E-state index contributed by atoms with van der Waals surface area (Å²) >= 11 is 1.74. The Bertz CT molecular complexity index is 809. The Kier molecular flexibility index (Phi) is 5.93. The molecule has 0 spiro atoms. The molecule has 5 heteroatoms. The number of hydrogen-bond donors (Lipinski definition) is 3. The number of allylic oxidation sites excluding steroid dienone is 2. The molecule has 3 rings (SSSR count). The lowest BCUT2D eigenvalue weighted by Crippen LogP contribution is -2.19. The molecule has 0 fully saturated rings. The SMILES string of the molecule is O=C(O)C[C@H](O)C[C@H](O)C=CC=C1c2ccccc2Sc2ccccc21. The number of carbonyl (C=O) groups is 1. The molecule has 26 heavy (non-hydrogen) atoms. The number of hydrogen-bond acceptors (Lipinski definition) is 4. The van der Waals surface area contributed by atoms with E-state index >= 15 is 0 Å². The molecule has 2 aromatic carbocycles. The maximum atomic E-state index is 10.6. The van der Waals surface area contributed by atoms with Crippen LogP contribution in [0.2, 0.25) is 0 Å². The fourth-order valence-corrected chi connectivity index (χ4v) is 4.03. The molecule has 1 aliphatic heterocycles. The van der Waals surface area contributed by atoms with Gasteiger partial charge in [-0.3, -0.25) is 4.79 Å². The molecule has 0 amide bonds. The van der Waals surface area contributed by atoms with Crippen molar-refractivity contribution in [3.63, 3.8) is 0 Å². The number of aliphatic hydroxyl groups excluding tert-OH is 2. The first-order chi connectivity index (χ1) is 12.5. The molecule has 0 bridgehead atoms. The molecule has 0 unspecified atom stereocenters. The van der Waals surface area contributed by atoms with Crippen molar-refractivity contribution in [2.75, 3.05) is 0 Å². The van der Waals surface area contributed by atoms with Crippen molar-refractivity contribution in [2.45, 2.75) is 34.8 Å². The van der Waals surface area contributed by atoms with E-state index in [1.165, 1.54) is 9.79 Å². The van der Waals surface area contributed by atoms with Crippen molar-refractivity contribution in [1.82, 2.24) is 0 Å². The molecule has 134 valence electrons. The van der Waals surface area contributed by atoms with Crippen molar-refractivity contribution >= 4 is 23.3 Å². The molecular weight excluding hydrogens is 348 g/mol. The van der Waals surface area contributed by atoms with E-state index in [1.54, 1.807) is 23.9 Å². The molecule has 0 radical (unpaired) electrons. The lowest BCUT2D eigenvalue weighted by atomic mass is 9.96. The summed E-state index contributed by atoms with van der Waals surface area (Å²) < 4.78 is 0. The lowest BCUT2D eigenvalue weighted by Gasteiger charge is -2.21. The summed E-state index contributed by atoms with van der Waals surface area (Å²) in [5.41, 5.74) is 3.35. The van der Waals surface area contributed by atoms with Gasteiger partial charge in [-0.05, 0) is 28.8 Å². The summed E-state index contributed by atoms with van der Waals surface area (Å²) in [6, 6.07) is 16.4. The molecule has 0 aliphatic carbocycles. The molecular formula is C21H20O4S. The maximum Gasteiger partial charge on any atom is 0.305 e. The van der Waals surface area contributed by atoms with Crippen LogP contribution in [-0.4, -0.2) is 33.5 Å². The van der Waals surface area contributed by atoms with Crippen molar-refractivity contribution in [3.05, 3.63) is 77.9 Å². The van der Waals surface area contributed by atoms with Crippen LogP contribution in [0.15, 0.2) is 76.5 Å². The highest BCUT2D eigenvalue weighted by molar-refractivity contribution is 7.99. The molecule has 0 aromatic heterocycles. The Morgan fingerprint density at radius 2 is 1.58 bits per heavy atom. The molecule has 1 aliphatic rings. The third kappa shape index (κ3) is 4.43. The first-order valence-electron chi connectivity index (χ1n) is 8.37. The van der Waals surface area contributed by atoms with Crippen molar-refractivity contribution in [1.29, 1.82) is 0 Å². The van der Waals surface area contributed by atoms with E-state index in [2.05, 4.69) is 24.3 Å². The third-order valence-electron chi connectivity index (χ3n) is 4.09. The Hall–Kier alpha value is -2.34. The second-order valence-corrected chi connectivity index (χ2v) is 7.20. The number of fused-ring (bicyclic) bond motifs is 2. The van der Waals surface area contributed by atoms with Crippen molar-refractivity contribution < 1.29 is 20.1 Å². The zero-order chi connectivity index (χ0) is 18.5. The molecule has 0 saturated heterocycles. The van der Waals surface area contributed by atoms with Gasteiger partial charge in [0.2, 0.25) is 0 Å². The second-order valence-electron chi connectivity index (χ2n) is 6.11. The van der Waals surface area contributed by atoms with Gasteiger partial charge < -0.3 is 15.3 Å². The number of benzene rings is 2. The standard InChI is InChI=1S/C21H20O4S/c22-14(12-15(23)13-21(24)25)6-5-9-16-17-7-1-3-10-19(17)26-20-11-4-2-8-18(16)20/h1-11,14-15,22-23H,12-13H2,(H,24,25)/t14-,15-/m1/s1. The monoisotopic (exact) mass is 368 g/mol. The average Bonchev–Trinajstić information content (AvgIpc) is 2.60. The van der Waals surface area contributed by atoms with Crippen LogP contribution < -0.4 is 0 Å². The molecule has 2 aromatic rings. The Balaban J connectivity index is 1.81. The fourth-order valence-electron chi connectivity index (χ4n) is 2.92. The van der Waals surface area contributed by atoms with Crippen molar-refractivity contribution in [2.24, 2.45) is 0 Å². The van der Waals surface area contributed by atoms with Gasteiger partial charge in [0, 0.05) is 16.2 Å². The van der Waals surface area contributed by atoms with Gasteiger partial charge in [0.25, 0.3) is 0 Å². The van der Waals surface area contributed by atoms with Gasteiger partial charge in [0.15, 0.2) is 0 Å². The number of aliphatic carboxylic acids is 1. The highest BCUT2D eigenvalue weighted by Gasteiger charge is 2.19. The molecule has 0 saturated carbocycles. The predicted molar refractivity (Wildman–Crippen MR) is 102 cm³/mol. The first-order valence-corrected chi connectivity index (χ1v) is 9.19. The van der Waals surface area contributed by atoms with Gasteiger partial charge in [-0.1, -0.05) is 66.4 Å². The Morgan fingerprint density at radius 3 is 2.15 bits per heavy atom. The highest BCUT2D eigenvalue weighted by atomic mass is 32.2. The van der Waals surface area contributed by atoms with Crippen molar-refractivity contribution in [3.8, 4) is 0 Å². The van der Waals surface area contributed by atoms with Crippen LogP contribution in [0.25, 0.3) is 5.57 Å². The summed E-state index contributed by atoms with van der Waals surface area (Å²) in [5, 5.41) is 28.2. The second kappa shape index (κ2) is 8.36. The van der Waals surface area contributed by atoms with Gasteiger partial charge in [0.05, 0.1) is 18.6 Å². The Morgan fingerprint density at radius 1 is 1.00 bits per heavy atom. The van der Waals surface area contributed by atoms with E-state index in [0.29, 0.717) is 0 Å².